The van der Waals surface area contributed by atoms with Gasteiger partial charge in [0, 0.05) is 18.1 Å². The number of aromatic nitrogens is 1. The van der Waals surface area contributed by atoms with Gasteiger partial charge in [-0.25, -0.2) is 0 Å². The first kappa shape index (κ1) is 13.2. The van der Waals surface area contributed by atoms with Gasteiger partial charge in [0.15, 0.2) is 5.76 Å². The van der Waals surface area contributed by atoms with Gasteiger partial charge >= 0.3 is 0 Å². The predicted molar refractivity (Wildman–Crippen MR) is 77.6 cm³/mol. The van der Waals surface area contributed by atoms with Gasteiger partial charge in [-0.2, -0.15) is 0 Å². The molecule has 2 aromatic rings. The standard InChI is InChI=1S/C16H20N2O2/c17-10-9-13-11-16(20-18-13)12-5-7-15(8-6-12)19-14-3-1-2-4-14/h5-8,11,14H,1-4,9-10,17H2. The highest BCUT2D eigenvalue weighted by Gasteiger charge is 2.16. The maximum atomic E-state index is 5.95. The van der Waals surface area contributed by atoms with E-state index in [0.29, 0.717) is 12.6 Å². The normalized spacial score (nSPS) is 15.7. The summed E-state index contributed by atoms with van der Waals surface area (Å²) < 4.78 is 11.3. The third-order valence-electron chi connectivity index (χ3n) is 3.70. The molecule has 0 aliphatic heterocycles. The van der Waals surface area contributed by atoms with Gasteiger partial charge in [-0.05, 0) is 56.5 Å². The lowest BCUT2D eigenvalue weighted by Crippen LogP contribution is -2.10. The fourth-order valence-electron chi connectivity index (χ4n) is 2.61. The summed E-state index contributed by atoms with van der Waals surface area (Å²) in [5.41, 5.74) is 7.42. The fourth-order valence-corrected chi connectivity index (χ4v) is 2.61. The summed E-state index contributed by atoms with van der Waals surface area (Å²) in [5, 5.41) is 4.00. The van der Waals surface area contributed by atoms with E-state index in [0.717, 1.165) is 29.2 Å². The molecular weight excluding hydrogens is 252 g/mol. The molecule has 4 nitrogen and oxygen atoms in total. The van der Waals surface area contributed by atoms with E-state index in [2.05, 4.69) is 5.16 Å². The lowest BCUT2D eigenvalue weighted by molar-refractivity contribution is 0.210. The first-order valence-electron chi connectivity index (χ1n) is 7.28. The van der Waals surface area contributed by atoms with Crippen LogP contribution < -0.4 is 10.5 Å². The molecule has 0 atom stereocenters. The summed E-state index contributed by atoms with van der Waals surface area (Å²) in [5.74, 6) is 1.71. The SMILES string of the molecule is NCCc1cc(-c2ccc(OC3CCCC3)cc2)on1. The van der Waals surface area contributed by atoms with E-state index in [9.17, 15) is 0 Å². The molecule has 0 saturated heterocycles. The van der Waals surface area contributed by atoms with Crippen molar-refractivity contribution in [3.8, 4) is 17.1 Å². The van der Waals surface area contributed by atoms with Crippen LogP contribution in [-0.2, 0) is 6.42 Å². The fraction of sp³-hybridized carbons (Fsp3) is 0.438. The first-order chi connectivity index (χ1) is 9.85. The second kappa shape index (κ2) is 6.09. The van der Waals surface area contributed by atoms with Crippen LogP contribution in [0.15, 0.2) is 34.9 Å². The van der Waals surface area contributed by atoms with Crippen LogP contribution in [0.4, 0.5) is 0 Å². The predicted octanol–water partition coefficient (Wildman–Crippen LogP) is 3.16. The molecule has 0 unspecified atom stereocenters. The van der Waals surface area contributed by atoms with Gasteiger partial charge in [0.2, 0.25) is 0 Å². The summed E-state index contributed by atoms with van der Waals surface area (Å²) in [6, 6.07) is 9.96. The molecule has 1 aliphatic carbocycles. The smallest absolute Gasteiger partial charge is 0.167 e. The molecular formula is C16H20N2O2. The van der Waals surface area contributed by atoms with E-state index in [1.165, 1.54) is 25.7 Å². The quantitative estimate of drug-likeness (QED) is 0.908. The molecule has 1 aromatic carbocycles. The average Bonchev–Trinajstić information content (AvgIpc) is 3.12. The van der Waals surface area contributed by atoms with Gasteiger partial charge in [0.1, 0.15) is 5.75 Å². The molecule has 0 spiro atoms. The third-order valence-corrected chi connectivity index (χ3v) is 3.70. The highest BCUT2D eigenvalue weighted by molar-refractivity contribution is 5.58. The van der Waals surface area contributed by atoms with E-state index in [1.807, 2.05) is 30.3 Å². The van der Waals surface area contributed by atoms with Gasteiger partial charge in [0.05, 0.1) is 11.8 Å². The largest absolute Gasteiger partial charge is 0.490 e. The molecule has 1 heterocycles. The zero-order valence-corrected chi connectivity index (χ0v) is 11.5. The van der Waals surface area contributed by atoms with Crippen LogP contribution in [0.3, 0.4) is 0 Å². The number of ether oxygens (including phenoxy) is 1. The molecule has 1 aliphatic rings. The number of nitrogens with two attached hydrogens (primary N) is 1. The highest BCUT2D eigenvalue weighted by atomic mass is 16.5. The lowest BCUT2D eigenvalue weighted by Gasteiger charge is -2.12. The average molecular weight is 272 g/mol. The van der Waals surface area contributed by atoms with Crippen molar-refractivity contribution >= 4 is 0 Å². The molecule has 0 bridgehead atoms. The molecule has 0 radical (unpaired) electrons. The topological polar surface area (TPSA) is 61.3 Å². The zero-order chi connectivity index (χ0) is 13.8. The molecule has 1 saturated carbocycles. The maximum absolute atomic E-state index is 5.95. The molecule has 106 valence electrons. The van der Waals surface area contributed by atoms with Crippen LogP contribution in [0.25, 0.3) is 11.3 Å². The van der Waals surface area contributed by atoms with Gasteiger partial charge in [-0.15, -0.1) is 0 Å². The molecule has 1 fully saturated rings. The molecule has 3 rings (SSSR count). The van der Waals surface area contributed by atoms with Gasteiger partial charge < -0.3 is 15.0 Å². The highest BCUT2D eigenvalue weighted by Crippen LogP contribution is 2.27. The Balaban J connectivity index is 1.68. The van der Waals surface area contributed by atoms with Gasteiger partial charge in [-0.3, -0.25) is 0 Å². The number of nitrogens with zero attached hydrogens (tertiary/aromatic N) is 1. The lowest BCUT2D eigenvalue weighted by atomic mass is 10.1. The summed E-state index contributed by atoms with van der Waals surface area (Å²) in [6.45, 7) is 0.583. The van der Waals surface area contributed by atoms with E-state index < -0.39 is 0 Å². The molecule has 2 N–H and O–H groups in total. The Morgan fingerprint density at radius 2 is 1.95 bits per heavy atom. The summed E-state index contributed by atoms with van der Waals surface area (Å²) in [7, 11) is 0. The third kappa shape index (κ3) is 3.02. The van der Waals surface area contributed by atoms with Crippen molar-refractivity contribution in [3.63, 3.8) is 0 Å². The van der Waals surface area contributed by atoms with Crippen molar-refractivity contribution in [2.45, 2.75) is 38.2 Å². The van der Waals surface area contributed by atoms with E-state index in [1.54, 1.807) is 0 Å². The monoisotopic (exact) mass is 272 g/mol. The van der Waals surface area contributed by atoms with Crippen LogP contribution in [0.5, 0.6) is 5.75 Å². The van der Waals surface area contributed by atoms with E-state index >= 15 is 0 Å². The van der Waals surface area contributed by atoms with Crippen molar-refractivity contribution in [1.82, 2.24) is 5.16 Å². The Hall–Kier alpha value is -1.81. The zero-order valence-electron chi connectivity index (χ0n) is 11.5. The minimum Gasteiger partial charge on any atom is -0.490 e. The van der Waals surface area contributed by atoms with Crippen molar-refractivity contribution < 1.29 is 9.26 Å². The first-order valence-corrected chi connectivity index (χ1v) is 7.28. The minimum absolute atomic E-state index is 0.391. The Bertz CT molecular complexity index is 542. The van der Waals surface area contributed by atoms with Crippen molar-refractivity contribution in [2.24, 2.45) is 5.73 Å². The second-order valence-electron chi connectivity index (χ2n) is 5.27. The summed E-state index contributed by atoms with van der Waals surface area (Å²) in [4.78, 5) is 0. The van der Waals surface area contributed by atoms with Gasteiger partial charge in [-0.1, -0.05) is 5.16 Å². The maximum Gasteiger partial charge on any atom is 0.167 e. The Labute approximate surface area is 118 Å². The van der Waals surface area contributed by atoms with Crippen LogP contribution in [-0.4, -0.2) is 17.8 Å². The number of benzene rings is 1. The molecule has 20 heavy (non-hydrogen) atoms. The Morgan fingerprint density at radius 3 is 2.65 bits per heavy atom. The summed E-state index contributed by atoms with van der Waals surface area (Å²) in [6.07, 6.45) is 6.04. The van der Waals surface area contributed by atoms with E-state index in [4.69, 9.17) is 15.0 Å². The van der Waals surface area contributed by atoms with Crippen LogP contribution in [0, 0.1) is 0 Å². The summed E-state index contributed by atoms with van der Waals surface area (Å²) >= 11 is 0. The van der Waals surface area contributed by atoms with Gasteiger partial charge in [0.25, 0.3) is 0 Å². The number of rotatable bonds is 5. The second-order valence-corrected chi connectivity index (χ2v) is 5.27. The van der Waals surface area contributed by atoms with Crippen molar-refractivity contribution in [3.05, 3.63) is 36.0 Å². The van der Waals surface area contributed by atoms with Crippen LogP contribution >= 0.6 is 0 Å². The molecule has 0 amide bonds. The van der Waals surface area contributed by atoms with Crippen LogP contribution in [0.1, 0.15) is 31.4 Å². The van der Waals surface area contributed by atoms with Crippen molar-refractivity contribution in [1.29, 1.82) is 0 Å². The van der Waals surface area contributed by atoms with Crippen LogP contribution in [0.2, 0.25) is 0 Å². The minimum atomic E-state index is 0.391. The molecule has 4 heteroatoms. The Kier molecular flexibility index (Phi) is 4.02. The van der Waals surface area contributed by atoms with E-state index in [-0.39, 0.29) is 0 Å². The number of hydrogen-bond acceptors (Lipinski definition) is 4. The van der Waals surface area contributed by atoms with Crippen molar-refractivity contribution in [2.75, 3.05) is 6.54 Å². The number of hydrogen-bond donors (Lipinski definition) is 1. The Morgan fingerprint density at radius 1 is 1.20 bits per heavy atom. The molecule has 1 aromatic heterocycles.